The molecular weight excluding hydrogens is 302 g/mol. The highest BCUT2D eigenvalue weighted by Crippen LogP contribution is 2.31. The van der Waals surface area contributed by atoms with Gasteiger partial charge >= 0.3 is 0 Å². The summed E-state index contributed by atoms with van der Waals surface area (Å²) in [6.07, 6.45) is 2.14. The smallest absolute Gasteiger partial charge is 0.254 e. The van der Waals surface area contributed by atoms with Crippen LogP contribution in [-0.2, 0) is 0 Å². The van der Waals surface area contributed by atoms with Gasteiger partial charge in [0.15, 0.2) is 0 Å². The molecule has 2 rings (SSSR count). The molecule has 0 spiro atoms. The van der Waals surface area contributed by atoms with Gasteiger partial charge < -0.3 is 4.90 Å². The SMILES string of the molecule is CC1(C)CCCN1C(=O)c1ccc(Cl)c(Br)c1. The van der Waals surface area contributed by atoms with E-state index in [1.165, 1.54) is 0 Å². The van der Waals surface area contributed by atoms with Crippen LogP contribution in [0, 0.1) is 0 Å². The van der Waals surface area contributed by atoms with Crippen LogP contribution in [0.2, 0.25) is 5.02 Å². The zero-order chi connectivity index (χ0) is 12.6. The zero-order valence-electron chi connectivity index (χ0n) is 9.96. The Morgan fingerprint density at radius 2 is 2.18 bits per heavy atom. The molecule has 1 amide bonds. The summed E-state index contributed by atoms with van der Waals surface area (Å²) < 4.78 is 0.766. The molecule has 0 aliphatic carbocycles. The van der Waals surface area contributed by atoms with Gasteiger partial charge in [0.25, 0.3) is 5.91 Å². The van der Waals surface area contributed by atoms with Gasteiger partial charge in [-0.25, -0.2) is 0 Å². The molecule has 0 bridgehead atoms. The van der Waals surface area contributed by atoms with E-state index in [2.05, 4.69) is 29.8 Å². The maximum Gasteiger partial charge on any atom is 0.254 e. The van der Waals surface area contributed by atoms with E-state index in [0.29, 0.717) is 10.6 Å². The third-order valence-electron chi connectivity index (χ3n) is 3.31. The Morgan fingerprint density at radius 3 is 2.71 bits per heavy atom. The molecule has 1 aliphatic heterocycles. The first kappa shape index (κ1) is 12.9. The molecule has 0 N–H and O–H groups in total. The Bertz CT molecular complexity index is 459. The van der Waals surface area contributed by atoms with Crippen molar-refractivity contribution >= 4 is 33.4 Å². The summed E-state index contributed by atoms with van der Waals surface area (Å²) in [7, 11) is 0. The fourth-order valence-electron chi connectivity index (χ4n) is 2.27. The summed E-state index contributed by atoms with van der Waals surface area (Å²) in [6, 6.07) is 5.32. The molecule has 1 saturated heterocycles. The zero-order valence-corrected chi connectivity index (χ0v) is 12.3. The Morgan fingerprint density at radius 1 is 1.47 bits per heavy atom. The number of carbonyl (C=O) groups excluding carboxylic acids is 1. The van der Waals surface area contributed by atoms with E-state index in [0.717, 1.165) is 23.9 Å². The first-order valence-electron chi connectivity index (χ1n) is 5.69. The summed E-state index contributed by atoms with van der Waals surface area (Å²) in [5.74, 6) is 0.0878. The molecule has 92 valence electrons. The van der Waals surface area contributed by atoms with Crippen LogP contribution in [0.25, 0.3) is 0 Å². The largest absolute Gasteiger partial charge is 0.334 e. The van der Waals surface area contributed by atoms with Crippen molar-refractivity contribution in [2.24, 2.45) is 0 Å². The van der Waals surface area contributed by atoms with Gasteiger partial charge in [0, 0.05) is 22.1 Å². The summed E-state index contributed by atoms with van der Waals surface area (Å²) in [6.45, 7) is 5.07. The number of carbonyl (C=O) groups is 1. The number of rotatable bonds is 1. The molecule has 1 heterocycles. The van der Waals surface area contributed by atoms with E-state index in [4.69, 9.17) is 11.6 Å². The molecule has 0 radical (unpaired) electrons. The molecule has 0 atom stereocenters. The standard InChI is InChI=1S/C13H15BrClNO/c1-13(2)6-3-7-16(13)12(17)9-4-5-11(15)10(14)8-9/h4-5,8H,3,6-7H2,1-2H3. The van der Waals surface area contributed by atoms with Gasteiger partial charge in [0.2, 0.25) is 0 Å². The maximum atomic E-state index is 12.4. The van der Waals surface area contributed by atoms with Gasteiger partial charge in [0.05, 0.1) is 5.02 Å². The number of hydrogen-bond acceptors (Lipinski definition) is 1. The lowest BCUT2D eigenvalue weighted by atomic mass is 10.0. The van der Waals surface area contributed by atoms with Crippen molar-refractivity contribution in [2.45, 2.75) is 32.2 Å². The highest BCUT2D eigenvalue weighted by molar-refractivity contribution is 9.10. The minimum atomic E-state index is -0.0385. The Kier molecular flexibility index (Phi) is 3.50. The van der Waals surface area contributed by atoms with E-state index < -0.39 is 0 Å². The number of hydrogen-bond donors (Lipinski definition) is 0. The summed E-state index contributed by atoms with van der Waals surface area (Å²) in [4.78, 5) is 14.3. The molecule has 0 saturated carbocycles. The molecule has 4 heteroatoms. The molecule has 0 unspecified atom stereocenters. The normalized spacial score (nSPS) is 18.5. The predicted molar refractivity (Wildman–Crippen MR) is 73.5 cm³/mol. The lowest BCUT2D eigenvalue weighted by molar-refractivity contribution is 0.0652. The monoisotopic (exact) mass is 315 g/mol. The van der Waals surface area contributed by atoms with Crippen LogP contribution in [0.4, 0.5) is 0 Å². The minimum Gasteiger partial charge on any atom is -0.334 e. The van der Waals surface area contributed by atoms with Crippen LogP contribution in [0.15, 0.2) is 22.7 Å². The van der Waals surface area contributed by atoms with Crippen molar-refractivity contribution in [3.05, 3.63) is 33.3 Å². The van der Waals surface area contributed by atoms with Crippen LogP contribution < -0.4 is 0 Å². The van der Waals surface area contributed by atoms with E-state index in [-0.39, 0.29) is 11.4 Å². The van der Waals surface area contributed by atoms with Crippen molar-refractivity contribution in [3.8, 4) is 0 Å². The van der Waals surface area contributed by atoms with Crippen molar-refractivity contribution < 1.29 is 4.79 Å². The highest BCUT2D eigenvalue weighted by Gasteiger charge is 2.35. The van der Waals surface area contributed by atoms with Crippen LogP contribution in [0.5, 0.6) is 0 Å². The number of likely N-dealkylation sites (tertiary alicyclic amines) is 1. The Balaban J connectivity index is 2.28. The lowest BCUT2D eigenvalue weighted by Gasteiger charge is -2.31. The van der Waals surface area contributed by atoms with E-state index in [1.54, 1.807) is 18.2 Å². The van der Waals surface area contributed by atoms with E-state index >= 15 is 0 Å². The van der Waals surface area contributed by atoms with Gasteiger partial charge in [-0.3, -0.25) is 4.79 Å². The Labute approximate surface area is 115 Å². The fourth-order valence-corrected chi connectivity index (χ4v) is 2.77. The molecular formula is C13H15BrClNO. The number of amides is 1. The van der Waals surface area contributed by atoms with Crippen LogP contribution in [0.1, 0.15) is 37.0 Å². The summed E-state index contributed by atoms with van der Waals surface area (Å²) >= 11 is 9.28. The number of nitrogens with zero attached hydrogens (tertiary/aromatic N) is 1. The topological polar surface area (TPSA) is 20.3 Å². The van der Waals surface area contributed by atoms with Crippen LogP contribution in [-0.4, -0.2) is 22.9 Å². The van der Waals surface area contributed by atoms with Gasteiger partial charge in [-0.15, -0.1) is 0 Å². The van der Waals surface area contributed by atoms with Crippen molar-refractivity contribution in [1.82, 2.24) is 4.90 Å². The molecule has 1 fully saturated rings. The summed E-state index contributed by atoms with van der Waals surface area (Å²) in [5.41, 5.74) is 0.652. The lowest BCUT2D eigenvalue weighted by Crippen LogP contribution is -2.42. The quantitative estimate of drug-likeness (QED) is 0.763. The van der Waals surface area contributed by atoms with Crippen molar-refractivity contribution in [2.75, 3.05) is 6.54 Å². The predicted octanol–water partition coefficient (Wildman–Crippen LogP) is 4.12. The van der Waals surface area contributed by atoms with Crippen LogP contribution >= 0.6 is 27.5 Å². The first-order chi connectivity index (χ1) is 7.92. The van der Waals surface area contributed by atoms with E-state index in [1.807, 2.05) is 4.90 Å². The second-order valence-corrected chi connectivity index (χ2v) is 6.26. The Hall–Kier alpha value is -0.540. The van der Waals surface area contributed by atoms with Gasteiger partial charge in [-0.1, -0.05) is 11.6 Å². The van der Waals surface area contributed by atoms with Crippen molar-refractivity contribution in [1.29, 1.82) is 0 Å². The molecule has 1 aromatic carbocycles. The molecule has 2 nitrogen and oxygen atoms in total. The fraction of sp³-hybridized carbons (Fsp3) is 0.462. The van der Waals surface area contributed by atoms with Gasteiger partial charge in [0.1, 0.15) is 0 Å². The third-order valence-corrected chi connectivity index (χ3v) is 4.53. The molecule has 1 aromatic rings. The second kappa shape index (κ2) is 4.62. The molecule has 17 heavy (non-hydrogen) atoms. The first-order valence-corrected chi connectivity index (χ1v) is 6.86. The average molecular weight is 317 g/mol. The molecule has 1 aliphatic rings. The number of halogens is 2. The van der Waals surface area contributed by atoms with E-state index in [9.17, 15) is 4.79 Å². The average Bonchev–Trinajstić information content (AvgIpc) is 2.61. The second-order valence-electron chi connectivity index (χ2n) is 5.00. The maximum absolute atomic E-state index is 12.4. The summed E-state index contributed by atoms with van der Waals surface area (Å²) in [5, 5.41) is 0.627. The van der Waals surface area contributed by atoms with Crippen molar-refractivity contribution in [3.63, 3.8) is 0 Å². The minimum absolute atomic E-state index is 0.0385. The van der Waals surface area contributed by atoms with Gasteiger partial charge in [-0.2, -0.15) is 0 Å². The van der Waals surface area contributed by atoms with Gasteiger partial charge in [-0.05, 0) is 60.8 Å². The van der Waals surface area contributed by atoms with Crippen LogP contribution in [0.3, 0.4) is 0 Å². The highest BCUT2D eigenvalue weighted by atomic mass is 79.9. The number of benzene rings is 1. The third kappa shape index (κ3) is 2.50. The molecule has 0 aromatic heterocycles.